The molecule has 0 unspecified atom stereocenters. The summed E-state index contributed by atoms with van der Waals surface area (Å²) in [6.45, 7) is 7.93. The molecule has 1 aliphatic carbocycles. The van der Waals surface area contributed by atoms with E-state index in [1.54, 1.807) is 11.8 Å². The highest BCUT2D eigenvalue weighted by atomic mass is 32.2. The lowest BCUT2D eigenvalue weighted by Crippen LogP contribution is -2.17. The van der Waals surface area contributed by atoms with E-state index in [-0.39, 0.29) is 5.78 Å². The van der Waals surface area contributed by atoms with Crippen molar-refractivity contribution < 1.29 is 4.79 Å². The van der Waals surface area contributed by atoms with Crippen molar-refractivity contribution in [2.24, 2.45) is 0 Å². The Kier molecular flexibility index (Phi) is 7.72. The van der Waals surface area contributed by atoms with E-state index in [1.165, 1.54) is 0 Å². The second-order valence-electron chi connectivity index (χ2n) is 3.82. The van der Waals surface area contributed by atoms with Crippen LogP contribution in [-0.2, 0) is 4.79 Å². The molecule has 17 heavy (non-hydrogen) atoms. The summed E-state index contributed by atoms with van der Waals surface area (Å²) in [7, 11) is 3.86. The van der Waals surface area contributed by atoms with Gasteiger partial charge in [0, 0.05) is 31.4 Å². The number of hydrogen-bond acceptors (Lipinski definition) is 3. The topological polar surface area (TPSA) is 20.3 Å². The molecular weight excluding hydrogens is 230 g/mol. The fourth-order valence-corrected chi connectivity index (χ4v) is 2.07. The number of Topliss-reactive ketones (excluding diaryl/α,β-unsaturated/α-hetero) is 1. The van der Waals surface area contributed by atoms with Gasteiger partial charge in [-0.15, -0.1) is 11.8 Å². The zero-order valence-corrected chi connectivity index (χ0v) is 12.4. The molecule has 0 amide bonds. The minimum Gasteiger partial charge on any atom is -0.383 e. The number of allylic oxidation sites excluding steroid dienone is 3. The second-order valence-corrected chi connectivity index (χ2v) is 4.52. The van der Waals surface area contributed by atoms with Gasteiger partial charge in [0.05, 0.1) is 0 Å². The number of nitrogens with zero attached hydrogens (tertiary/aromatic N) is 1. The minimum atomic E-state index is 0.134. The molecule has 96 valence electrons. The summed E-state index contributed by atoms with van der Waals surface area (Å²) in [5.41, 5.74) is 2.62. The highest BCUT2D eigenvalue weighted by Gasteiger charge is 2.23. The van der Waals surface area contributed by atoms with Crippen molar-refractivity contribution >= 4 is 17.5 Å². The Morgan fingerprint density at radius 1 is 1.29 bits per heavy atom. The van der Waals surface area contributed by atoms with Gasteiger partial charge >= 0.3 is 0 Å². The summed E-state index contributed by atoms with van der Waals surface area (Å²) < 4.78 is 0. The first kappa shape index (κ1) is 16.0. The predicted molar refractivity (Wildman–Crippen MR) is 78.1 cm³/mol. The molecule has 0 aromatic carbocycles. The van der Waals surface area contributed by atoms with Crippen LogP contribution in [-0.4, -0.2) is 31.0 Å². The van der Waals surface area contributed by atoms with Gasteiger partial charge in [-0.05, 0) is 30.1 Å². The fourth-order valence-electron chi connectivity index (χ4n) is 1.56. The van der Waals surface area contributed by atoms with Gasteiger partial charge in [-0.25, -0.2) is 0 Å². The van der Waals surface area contributed by atoms with Crippen molar-refractivity contribution in [3.05, 3.63) is 34.9 Å². The van der Waals surface area contributed by atoms with Crippen LogP contribution in [0, 0.1) is 0 Å². The number of rotatable bonds is 2. The van der Waals surface area contributed by atoms with Crippen molar-refractivity contribution in [1.82, 2.24) is 4.90 Å². The first-order valence-corrected chi connectivity index (χ1v) is 7.18. The van der Waals surface area contributed by atoms with Crippen LogP contribution in [0.5, 0.6) is 0 Å². The highest BCUT2D eigenvalue weighted by Crippen LogP contribution is 2.29. The third-order valence-corrected chi connectivity index (χ3v) is 2.73. The first-order valence-electron chi connectivity index (χ1n) is 5.89. The Bertz CT molecular complexity index is 340. The summed E-state index contributed by atoms with van der Waals surface area (Å²) in [4.78, 5) is 13.9. The van der Waals surface area contributed by atoms with Gasteiger partial charge in [0.25, 0.3) is 0 Å². The summed E-state index contributed by atoms with van der Waals surface area (Å²) >= 11 is 1.55. The first-order chi connectivity index (χ1) is 8.06. The molecule has 0 aromatic rings. The molecule has 0 saturated heterocycles. The van der Waals surface area contributed by atoms with Crippen molar-refractivity contribution in [3.8, 4) is 0 Å². The number of thioether (sulfide) groups is 1. The molecule has 0 heterocycles. The van der Waals surface area contributed by atoms with Crippen LogP contribution in [0.15, 0.2) is 34.9 Å². The standard InChI is InChI=1S/C12H17NOS.C2H6/c1-9-5-6-10(7-13(2)3)12(14)11(9)8-15-4;1-2/h7-8H,1,5-6H2,2-4H3;1-2H3/b10-7+,11-8+;. The molecule has 0 bridgehead atoms. The lowest BCUT2D eigenvalue weighted by Gasteiger charge is -2.20. The molecule has 0 radical (unpaired) electrons. The Balaban J connectivity index is 0.00000121. The fraction of sp³-hybridized carbons (Fsp3) is 0.500. The third-order valence-electron chi connectivity index (χ3n) is 2.26. The molecule has 1 saturated carbocycles. The van der Waals surface area contributed by atoms with Gasteiger partial charge in [-0.3, -0.25) is 4.79 Å². The van der Waals surface area contributed by atoms with E-state index >= 15 is 0 Å². The highest BCUT2D eigenvalue weighted by molar-refractivity contribution is 8.01. The van der Waals surface area contributed by atoms with Crippen molar-refractivity contribution in [2.75, 3.05) is 20.4 Å². The van der Waals surface area contributed by atoms with Crippen molar-refractivity contribution in [3.63, 3.8) is 0 Å². The van der Waals surface area contributed by atoms with Crippen LogP contribution in [0.4, 0.5) is 0 Å². The number of carbonyl (C=O) groups is 1. The molecule has 0 aliphatic heterocycles. The van der Waals surface area contributed by atoms with Gasteiger partial charge in [-0.2, -0.15) is 0 Å². The molecule has 0 aromatic heterocycles. The van der Waals surface area contributed by atoms with Crippen LogP contribution in [0.2, 0.25) is 0 Å². The van der Waals surface area contributed by atoms with Gasteiger partial charge in [0.15, 0.2) is 5.78 Å². The largest absolute Gasteiger partial charge is 0.383 e. The van der Waals surface area contributed by atoms with Crippen molar-refractivity contribution in [2.45, 2.75) is 26.7 Å². The van der Waals surface area contributed by atoms with E-state index in [0.717, 1.165) is 29.6 Å². The molecule has 3 heteroatoms. The molecule has 2 nitrogen and oxygen atoms in total. The maximum absolute atomic E-state index is 12.0. The lowest BCUT2D eigenvalue weighted by molar-refractivity contribution is -0.112. The van der Waals surface area contributed by atoms with Crippen LogP contribution in [0.1, 0.15) is 26.7 Å². The van der Waals surface area contributed by atoms with Gasteiger partial charge in [0.1, 0.15) is 0 Å². The quantitative estimate of drug-likeness (QED) is 0.701. The monoisotopic (exact) mass is 253 g/mol. The average Bonchev–Trinajstić information content (AvgIpc) is 2.30. The molecule has 1 fully saturated rings. The van der Waals surface area contributed by atoms with Crippen molar-refractivity contribution in [1.29, 1.82) is 0 Å². The van der Waals surface area contributed by atoms with E-state index < -0.39 is 0 Å². The summed E-state index contributed by atoms with van der Waals surface area (Å²) in [5.74, 6) is 0.134. The molecule has 1 rings (SSSR count). The average molecular weight is 253 g/mol. The molecule has 0 atom stereocenters. The summed E-state index contributed by atoms with van der Waals surface area (Å²) in [6, 6.07) is 0. The zero-order valence-electron chi connectivity index (χ0n) is 11.5. The Labute approximate surface area is 109 Å². The maximum Gasteiger partial charge on any atom is 0.191 e. The van der Waals surface area contributed by atoms with E-state index in [2.05, 4.69) is 6.58 Å². The van der Waals surface area contributed by atoms with Gasteiger partial charge < -0.3 is 4.90 Å². The lowest BCUT2D eigenvalue weighted by atomic mass is 9.87. The summed E-state index contributed by atoms with van der Waals surface area (Å²) in [6.07, 6.45) is 5.56. The Morgan fingerprint density at radius 3 is 2.35 bits per heavy atom. The van der Waals surface area contributed by atoms with Gasteiger partial charge in [0.2, 0.25) is 0 Å². The van der Waals surface area contributed by atoms with E-state index in [4.69, 9.17) is 0 Å². The van der Waals surface area contributed by atoms with E-state index in [0.29, 0.717) is 0 Å². The molecule has 0 spiro atoms. The van der Waals surface area contributed by atoms with Crippen LogP contribution < -0.4 is 0 Å². The number of carbonyl (C=O) groups excluding carboxylic acids is 1. The van der Waals surface area contributed by atoms with Crippen LogP contribution >= 0.6 is 11.8 Å². The maximum atomic E-state index is 12.0. The smallest absolute Gasteiger partial charge is 0.191 e. The van der Waals surface area contributed by atoms with E-state index in [9.17, 15) is 4.79 Å². The normalized spacial score (nSPS) is 20.3. The second kappa shape index (κ2) is 8.18. The Hall–Kier alpha value is -0.960. The number of hydrogen-bond donors (Lipinski definition) is 0. The SMILES string of the molecule is C=C1CC/C(=C\N(C)C)C(=O)/C1=C/SC.CC. The zero-order chi connectivity index (χ0) is 13.4. The van der Waals surface area contributed by atoms with Crippen LogP contribution in [0.3, 0.4) is 0 Å². The predicted octanol–water partition coefficient (Wildman–Crippen LogP) is 3.62. The van der Waals surface area contributed by atoms with Gasteiger partial charge in [-0.1, -0.05) is 20.4 Å². The molecule has 0 N–H and O–H groups in total. The number of ketones is 1. The third kappa shape index (κ3) is 4.82. The minimum absolute atomic E-state index is 0.134. The molecular formula is C14H23NOS. The van der Waals surface area contributed by atoms with E-state index in [1.807, 2.05) is 50.7 Å². The Morgan fingerprint density at radius 2 is 1.88 bits per heavy atom. The van der Waals surface area contributed by atoms with Crippen LogP contribution in [0.25, 0.3) is 0 Å². The summed E-state index contributed by atoms with van der Waals surface area (Å²) in [5, 5.41) is 1.90. The molecule has 1 aliphatic rings.